The summed E-state index contributed by atoms with van der Waals surface area (Å²) in [6, 6.07) is 14.1. The molecule has 1 aromatic heterocycles. The van der Waals surface area contributed by atoms with Gasteiger partial charge in [-0.2, -0.15) is 0 Å². The fourth-order valence-corrected chi connectivity index (χ4v) is 4.00. The average Bonchev–Trinajstić information content (AvgIpc) is 3.11. The minimum atomic E-state index is -3.18. The van der Waals surface area contributed by atoms with Gasteiger partial charge >= 0.3 is 6.03 Å². The molecule has 0 bridgehead atoms. The molecule has 1 saturated heterocycles. The fraction of sp³-hybridized carbons (Fsp3) is 0.300. The molecular formula is C20H22N4O4S. The molecule has 0 spiro atoms. The van der Waals surface area contributed by atoms with Gasteiger partial charge in [-0.15, -0.1) is 0 Å². The Morgan fingerprint density at radius 1 is 1.07 bits per heavy atom. The molecule has 29 heavy (non-hydrogen) atoms. The second kappa shape index (κ2) is 7.84. The number of nitrogens with zero attached hydrogens (tertiary/aromatic N) is 3. The summed E-state index contributed by atoms with van der Waals surface area (Å²) < 4.78 is 28.3. The highest BCUT2D eigenvalue weighted by Gasteiger charge is 2.22. The second-order valence-electron chi connectivity index (χ2n) is 7.14. The van der Waals surface area contributed by atoms with Crippen LogP contribution in [0.3, 0.4) is 0 Å². The molecule has 1 N–H and O–H groups in total. The molecule has 0 saturated carbocycles. The maximum absolute atomic E-state index is 12.6. The van der Waals surface area contributed by atoms with Crippen LogP contribution in [0.5, 0.6) is 0 Å². The van der Waals surface area contributed by atoms with Gasteiger partial charge in [0.1, 0.15) is 0 Å². The molecule has 2 amide bonds. The van der Waals surface area contributed by atoms with Crippen LogP contribution >= 0.6 is 0 Å². The van der Waals surface area contributed by atoms with Crippen LogP contribution in [-0.2, 0) is 16.4 Å². The van der Waals surface area contributed by atoms with Crippen LogP contribution in [0.1, 0.15) is 5.56 Å². The zero-order valence-electron chi connectivity index (χ0n) is 16.0. The molecule has 1 aliphatic heterocycles. The van der Waals surface area contributed by atoms with Gasteiger partial charge in [0.2, 0.25) is 0 Å². The van der Waals surface area contributed by atoms with Crippen molar-refractivity contribution in [2.24, 2.45) is 0 Å². The molecule has 4 rings (SSSR count). The summed E-state index contributed by atoms with van der Waals surface area (Å²) in [5, 5.41) is 7.54. The van der Waals surface area contributed by atoms with Gasteiger partial charge in [-0.05, 0) is 29.8 Å². The number of benzene rings is 2. The summed E-state index contributed by atoms with van der Waals surface area (Å²) >= 11 is 0. The van der Waals surface area contributed by atoms with Gasteiger partial charge < -0.3 is 9.42 Å². The Kier molecular flexibility index (Phi) is 5.25. The standard InChI is InChI=1S/C20H22N4O4S/c1-29(26,27)16-8-6-15(7-9-16)14-23-10-12-24(13-11-23)20(25)21-19-17-4-2-3-5-18(17)28-22-19/h2-9H,10-14H2,1H3,(H,21,22,25). The molecule has 0 aliphatic carbocycles. The number of piperazine rings is 1. The number of anilines is 1. The molecule has 0 radical (unpaired) electrons. The first kappa shape index (κ1) is 19.4. The highest BCUT2D eigenvalue weighted by atomic mass is 32.2. The Bertz CT molecular complexity index is 1120. The molecule has 2 aromatic carbocycles. The van der Waals surface area contributed by atoms with E-state index in [0.29, 0.717) is 35.9 Å². The van der Waals surface area contributed by atoms with Crippen molar-refractivity contribution < 1.29 is 17.7 Å². The SMILES string of the molecule is CS(=O)(=O)c1ccc(CN2CCN(C(=O)Nc3noc4ccccc34)CC2)cc1. The summed E-state index contributed by atoms with van der Waals surface area (Å²) in [7, 11) is -3.18. The summed E-state index contributed by atoms with van der Waals surface area (Å²) in [4.78, 5) is 16.9. The third-order valence-corrected chi connectivity index (χ3v) is 6.15. The number of hydrogen-bond donors (Lipinski definition) is 1. The first-order valence-electron chi connectivity index (χ1n) is 9.32. The van der Waals surface area contributed by atoms with Gasteiger partial charge in [0, 0.05) is 39.0 Å². The lowest BCUT2D eigenvalue weighted by atomic mass is 10.2. The van der Waals surface area contributed by atoms with Crippen molar-refractivity contribution in [3.05, 3.63) is 54.1 Å². The number of aromatic nitrogens is 1. The van der Waals surface area contributed by atoms with E-state index in [1.807, 2.05) is 30.3 Å². The topological polar surface area (TPSA) is 95.8 Å². The normalized spacial score (nSPS) is 15.6. The highest BCUT2D eigenvalue weighted by molar-refractivity contribution is 7.90. The van der Waals surface area contributed by atoms with Gasteiger partial charge in [0.05, 0.1) is 10.3 Å². The van der Waals surface area contributed by atoms with Gasteiger partial charge in [0.15, 0.2) is 21.2 Å². The Hall–Kier alpha value is -2.91. The van der Waals surface area contributed by atoms with Crippen molar-refractivity contribution in [3.63, 3.8) is 0 Å². The van der Waals surface area contributed by atoms with E-state index in [-0.39, 0.29) is 6.03 Å². The van der Waals surface area contributed by atoms with Crippen molar-refractivity contribution in [2.75, 3.05) is 37.8 Å². The number of sulfone groups is 1. The molecule has 8 nitrogen and oxygen atoms in total. The number of fused-ring (bicyclic) bond motifs is 1. The van der Waals surface area contributed by atoms with E-state index in [1.54, 1.807) is 23.1 Å². The summed E-state index contributed by atoms with van der Waals surface area (Å²) in [5.74, 6) is 0.430. The predicted octanol–water partition coefficient (Wildman–Crippen LogP) is 2.58. The van der Waals surface area contributed by atoms with E-state index in [9.17, 15) is 13.2 Å². The van der Waals surface area contributed by atoms with Crippen LogP contribution in [0.15, 0.2) is 57.9 Å². The molecule has 2 heterocycles. The van der Waals surface area contributed by atoms with Crippen molar-refractivity contribution >= 4 is 32.7 Å². The minimum Gasteiger partial charge on any atom is -0.354 e. The molecule has 3 aromatic rings. The smallest absolute Gasteiger partial charge is 0.323 e. The molecule has 0 atom stereocenters. The first-order valence-corrected chi connectivity index (χ1v) is 11.2. The van der Waals surface area contributed by atoms with Crippen molar-refractivity contribution in [1.29, 1.82) is 0 Å². The Labute approximate surface area is 169 Å². The first-order chi connectivity index (χ1) is 13.9. The van der Waals surface area contributed by atoms with Gasteiger partial charge in [-0.3, -0.25) is 10.2 Å². The van der Waals surface area contributed by atoms with Gasteiger partial charge in [-0.1, -0.05) is 29.4 Å². The van der Waals surface area contributed by atoms with E-state index < -0.39 is 9.84 Å². The minimum absolute atomic E-state index is 0.193. The van der Waals surface area contributed by atoms with Crippen LogP contribution in [0, 0.1) is 0 Å². The largest absolute Gasteiger partial charge is 0.354 e. The van der Waals surface area contributed by atoms with Gasteiger partial charge in [0.25, 0.3) is 0 Å². The molecule has 9 heteroatoms. The number of carbonyl (C=O) groups excluding carboxylic acids is 1. The number of urea groups is 1. The van der Waals surface area contributed by atoms with E-state index in [2.05, 4.69) is 15.4 Å². The van der Waals surface area contributed by atoms with Crippen molar-refractivity contribution in [3.8, 4) is 0 Å². The Balaban J connectivity index is 1.31. The van der Waals surface area contributed by atoms with Crippen LogP contribution in [0.4, 0.5) is 10.6 Å². The number of amides is 2. The molecule has 0 unspecified atom stereocenters. The molecule has 152 valence electrons. The number of para-hydroxylation sites is 1. The van der Waals surface area contributed by atoms with Crippen molar-refractivity contribution in [1.82, 2.24) is 15.0 Å². The highest BCUT2D eigenvalue weighted by Crippen LogP contribution is 2.22. The summed E-state index contributed by atoms with van der Waals surface area (Å²) in [5.41, 5.74) is 1.68. The van der Waals surface area contributed by atoms with Gasteiger partial charge in [-0.25, -0.2) is 13.2 Å². The lowest BCUT2D eigenvalue weighted by molar-refractivity contribution is 0.143. The average molecular weight is 414 g/mol. The van der Waals surface area contributed by atoms with E-state index in [0.717, 1.165) is 24.0 Å². The number of rotatable bonds is 4. The Morgan fingerprint density at radius 3 is 2.45 bits per heavy atom. The quantitative estimate of drug-likeness (QED) is 0.705. The lowest BCUT2D eigenvalue weighted by Gasteiger charge is -2.34. The zero-order valence-corrected chi connectivity index (χ0v) is 16.9. The monoisotopic (exact) mass is 414 g/mol. The maximum atomic E-state index is 12.6. The van der Waals surface area contributed by atoms with E-state index in [1.165, 1.54) is 6.26 Å². The third-order valence-electron chi connectivity index (χ3n) is 5.02. The lowest BCUT2D eigenvalue weighted by Crippen LogP contribution is -2.49. The van der Waals surface area contributed by atoms with E-state index in [4.69, 9.17) is 4.52 Å². The number of nitrogens with one attached hydrogen (secondary N) is 1. The summed E-state index contributed by atoms with van der Waals surface area (Å²) in [6.07, 6.45) is 1.20. The summed E-state index contributed by atoms with van der Waals surface area (Å²) in [6.45, 7) is 3.39. The number of carbonyl (C=O) groups is 1. The van der Waals surface area contributed by atoms with Crippen LogP contribution < -0.4 is 5.32 Å². The van der Waals surface area contributed by atoms with Crippen molar-refractivity contribution in [2.45, 2.75) is 11.4 Å². The molecule has 1 fully saturated rings. The Morgan fingerprint density at radius 2 is 1.76 bits per heavy atom. The predicted molar refractivity (Wildman–Crippen MR) is 109 cm³/mol. The zero-order chi connectivity index (χ0) is 20.4. The third kappa shape index (κ3) is 4.41. The number of hydrogen-bond acceptors (Lipinski definition) is 6. The molecular weight excluding hydrogens is 392 g/mol. The second-order valence-corrected chi connectivity index (χ2v) is 9.15. The van der Waals surface area contributed by atoms with E-state index >= 15 is 0 Å². The van der Waals surface area contributed by atoms with Crippen LogP contribution in [0.2, 0.25) is 0 Å². The fourth-order valence-electron chi connectivity index (χ4n) is 3.37. The van der Waals surface area contributed by atoms with Crippen LogP contribution in [-0.4, -0.2) is 61.8 Å². The maximum Gasteiger partial charge on any atom is 0.323 e. The van der Waals surface area contributed by atoms with Crippen LogP contribution in [0.25, 0.3) is 11.0 Å². The molecule has 1 aliphatic rings.